The van der Waals surface area contributed by atoms with Crippen LogP contribution in [0.5, 0.6) is 11.6 Å². The first-order valence-electron chi connectivity index (χ1n) is 6.21. The normalized spacial score (nSPS) is 10.3. The summed E-state index contributed by atoms with van der Waals surface area (Å²) < 4.78 is 5.68. The summed E-state index contributed by atoms with van der Waals surface area (Å²) in [7, 11) is 0. The Morgan fingerprint density at radius 1 is 1.14 bits per heavy atom. The van der Waals surface area contributed by atoms with Crippen molar-refractivity contribution in [2.75, 3.05) is 5.73 Å². The average Bonchev–Trinajstić information content (AvgIpc) is 2.50. The number of para-hydroxylation sites is 2. The number of halogens is 1. The Morgan fingerprint density at radius 2 is 1.95 bits per heavy atom. The molecule has 2 aromatic carbocycles. The van der Waals surface area contributed by atoms with Crippen LogP contribution in [0.25, 0.3) is 10.9 Å². The first-order valence-corrected chi connectivity index (χ1v) is 6.58. The fraction of sp³-hybridized carbons (Fsp3) is 0. The van der Waals surface area contributed by atoms with Gasteiger partial charge in [0.1, 0.15) is 11.6 Å². The molecule has 0 aliphatic heterocycles. The van der Waals surface area contributed by atoms with Crippen molar-refractivity contribution in [2.45, 2.75) is 0 Å². The number of hydrogen-bond acceptors (Lipinski definition) is 4. The average molecular weight is 296 g/mol. The van der Waals surface area contributed by atoms with Crippen molar-refractivity contribution >= 4 is 28.2 Å². The molecule has 0 amide bonds. The van der Waals surface area contributed by atoms with Crippen LogP contribution in [0.1, 0.15) is 5.56 Å². The Kier molecular flexibility index (Phi) is 3.35. The smallest absolute Gasteiger partial charge is 0.238 e. The molecule has 0 radical (unpaired) electrons. The summed E-state index contributed by atoms with van der Waals surface area (Å²) in [5.74, 6) is 0.495. The van der Waals surface area contributed by atoms with Gasteiger partial charge in [-0.1, -0.05) is 35.9 Å². The maximum Gasteiger partial charge on any atom is 0.238 e. The van der Waals surface area contributed by atoms with E-state index in [9.17, 15) is 5.26 Å². The largest absolute Gasteiger partial charge is 0.434 e. The number of aromatic nitrogens is 1. The highest BCUT2D eigenvalue weighted by Gasteiger charge is 2.13. The molecule has 0 fully saturated rings. The molecule has 5 heteroatoms. The number of fused-ring (bicyclic) bond motifs is 1. The molecule has 21 heavy (non-hydrogen) atoms. The quantitative estimate of drug-likeness (QED) is 0.721. The lowest BCUT2D eigenvalue weighted by atomic mass is 10.1. The van der Waals surface area contributed by atoms with Crippen molar-refractivity contribution in [1.29, 1.82) is 5.26 Å². The summed E-state index contributed by atoms with van der Waals surface area (Å²) in [5.41, 5.74) is 7.30. The lowest BCUT2D eigenvalue weighted by molar-refractivity contribution is 0.466. The van der Waals surface area contributed by atoms with Crippen molar-refractivity contribution in [3.05, 3.63) is 59.1 Å². The van der Waals surface area contributed by atoms with Gasteiger partial charge in [-0.05, 0) is 24.3 Å². The maximum absolute atomic E-state index is 9.26. The van der Waals surface area contributed by atoms with E-state index in [4.69, 9.17) is 22.1 Å². The topological polar surface area (TPSA) is 71.9 Å². The Labute approximate surface area is 126 Å². The van der Waals surface area contributed by atoms with E-state index >= 15 is 0 Å². The van der Waals surface area contributed by atoms with Gasteiger partial charge in [0.15, 0.2) is 5.75 Å². The number of rotatable bonds is 2. The van der Waals surface area contributed by atoms with Crippen LogP contribution < -0.4 is 10.5 Å². The van der Waals surface area contributed by atoms with Gasteiger partial charge in [0, 0.05) is 5.39 Å². The molecule has 3 rings (SSSR count). The van der Waals surface area contributed by atoms with Gasteiger partial charge < -0.3 is 10.5 Å². The zero-order valence-electron chi connectivity index (χ0n) is 10.9. The molecule has 1 aromatic heterocycles. The van der Waals surface area contributed by atoms with Gasteiger partial charge in [-0.25, -0.2) is 4.98 Å². The van der Waals surface area contributed by atoms with Crippen LogP contribution in [0.2, 0.25) is 5.02 Å². The predicted octanol–water partition coefficient (Wildman–Crippen LogP) is 4.13. The summed E-state index contributed by atoms with van der Waals surface area (Å²) in [4.78, 5) is 4.36. The van der Waals surface area contributed by atoms with E-state index in [0.717, 1.165) is 10.9 Å². The molecule has 3 aromatic rings. The molecule has 0 atom stereocenters. The van der Waals surface area contributed by atoms with E-state index in [1.165, 1.54) is 0 Å². The second-order valence-electron chi connectivity index (χ2n) is 4.41. The first-order chi connectivity index (χ1) is 10.2. The number of nitrogen functional groups attached to an aromatic ring is 1. The third-order valence-corrected chi connectivity index (χ3v) is 3.30. The summed E-state index contributed by atoms with van der Waals surface area (Å²) in [6.07, 6.45) is 0. The lowest BCUT2D eigenvalue weighted by Crippen LogP contribution is -1.97. The fourth-order valence-electron chi connectivity index (χ4n) is 1.99. The van der Waals surface area contributed by atoms with E-state index in [1.54, 1.807) is 24.3 Å². The molecule has 0 spiro atoms. The Bertz CT molecular complexity index is 851. The molecule has 4 nitrogen and oxygen atoms in total. The number of nitrogens with zero attached hydrogens (tertiary/aromatic N) is 2. The van der Waals surface area contributed by atoms with Gasteiger partial charge in [0.05, 0.1) is 16.2 Å². The minimum atomic E-state index is 0.191. The zero-order chi connectivity index (χ0) is 14.8. The van der Waals surface area contributed by atoms with Crippen LogP contribution in [0.3, 0.4) is 0 Å². The molecule has 2 N–H and O–H groups in total. The Hall–Kier alpha value is -2.77. The highest BCUT2D eigenvalue weighted by molar-refractivity contribution is 6.32. The third-order valence-electron chi connectivity index (χ3n) is 3.01. The van der Waals surface area contributed by atoms with Gasteiger partial charge in [0.2, 0.25) is 5.88 Å². The number of ether oxygens (including phenoxy) is 1. The van der Waals surface area contributed by atoms with Crippen LogP contribution in [0.4, 0.5) is 5.69 Å². The van der Waals surface area contributed by atoms with E-state index < -0.39 is 0 Å². The molecule has 0 saturated heterocycles. The molecule has 0 saturated carbocycles. The van der Waals surface area contributed by atoms with E-state index in [2.05, 4.69) is 11.1 Å². The van der Waals surface area contributed by atoms with Crippen molar-refractivity contribution in [3.8, 4) is 17.7 Å². The van der Waals surface area contributed by atoms with Crippen molar-refractivity contribution in [2.24, 2.45) is 0 Å². The number of pyridine rings is 1. The number of anilines is 1. The fourth-order valence-corrected chi connectivity index (χ4v) is 2.21. The number of hydrogen-bond donors (Lipinski definition) is 1. The van der Waals surface area contributed by atoms with Gasteiger partial charge >= 0.3 is 0 Å². The van der Waals surface area contributed by atoms with Gasteiger partial charge in [0.25, 0.3) is 0 Å². The van der Waals surface area contributed by atoms with Crippen molar-refractivity contribution in [3.63, 3.8) is 0 Å². The van der Waals surface area contributed by atoms with Crippen LogP contribution in [0, 0.1) is 11.3 Å². The minimum absolute atomic E-state index is 0.191. The summed E-state index contributed by atoms with van der Waals surface area (Å²) in [6, 6.07) is 16.4. The van der Waals surface area contributed by atoms with E-state index in [1.807, 2.05) is 24.3 Å². The first kappa shape index (κ1) is 13.2. The summed E-state index contributed by atoms with van der Waals surface area (Å²) in [6.45, 7) is 0. The number of nitriles is 1. The van der Waals surface area contributed by atoms with Crippen LogP contribution in [-0.4, -0.2) is 4.98 Å². The van der Waals surface area contributed by atoms with Crippen LogP contribution >= 0.6 is 11.6 Å². The third kappa shape index (κ3) is 2.47. The molecule has 102 valence electrons. The van der Waals surface area contributed by atoms with Gasteiger partial charge in [-0.2, -0.15) is 5.26 Å². The van der Waals surface area contributed by atoms with Crippen LogP contribution in [0.15, 0.2) is 48.5 Å². The summed E-state index contributed by atoms with van der Waals surface area (Å²) in [5, 5.41) is 10.5. The van der Waals surface area contributed by atoms with Gasteiger partial charge in [-0.15, -0.1) is 0 Å². The molecule has 0 bridgehead atoms. The number of benzene rings is 2. The zero-order valence-corrected chi connectivity index (χ0v) is 11.6. The molecule has 1 heterocycles. The maximum atomic E-state index is 9.26. The minimum Gasteiger partial charge on any atom is -0.434 e. The Balaban J connectivity index is 2.14. The SMILES string of the molecule is N#Cc1cc2ccccc2nc1Oc1c(N)cccc1Cl. The lowest BCUT2D eigenvalue weighted by Gasteiger charge is -2.11. The second kappa shape index (κ2) is 5.31. The molecular weight excluding hydrogens is 286 g/mol. The van der Waals surface area contributed by atoms with E-state index in [-0.39, 0.29) is 5.88 Å². The van der Waals surface area contributed by atoms with Crippen molar-refractivity contribution in [1.82, 2.24) is 4.98 Å². The monoisotopic (exact) mass is 295 g/mol. The summed E-state index contributed by atoms with van der Waals surface area (Å²) >= 11 is 6.08. The molecular formula is C16H10ClN3O. The number of nitrogens with two attached hydrogens (primary N) is 1. The second-order valence-corrected chi connectivity index (χ2v) is 4.81. The standard InChI is InChI=1S/C16H10ClN3O/c17-12-5-3-6-13(19)15(12)21-16-11(9-18)8-10-4-1-2-7-14(10)20-16/h1-8H,19H2. The predicted molar refractivity (Wildman–Crippen MR) is 82.4 cm³/mol. The van der Waals surface area contributed by atoms with E-state index in [0.29, 0.717) is 22.0 Å². The highest BCUT2D eigenvalue weighted by atomic mass is 35.5. The van der Waals surface area contributed by atoms with Crippen LogP contribution in [-0.2, 0) is 0 Å². The Morgan fingerprint density at radius 3 is 2.71 bits per heavy atom. The van der Waals surface area contributed by atoms with Gasteiger partial charge in [-0.3, -0.25) is 0 Å². The molecule has 0 aliphatic carbocycles. The highest BCUT2D eigenvalue weighted by Crippen LogP contribution is 2.35. The molecule has 0 aliphatic rings. The van der Waals surface area contributed by atoms with Crippen molar-refractivity contribution < 1.29 is 4.74 Å². The molecule has 0 unspecified atom stereocenters.